The second kappa shape index (κ2) is 5.68. The van der Waals surface area contributed by atoms with E-state index in [1.807, 2.05) is 6.07 Å². The Labute approximate surface area is 104 Å². The minimum Gasteiger partial charge on any atom is -0.480 e. The summed E-state index contributed by atoms with van der Waals surface area (Å²) in [5.41, 5.74) is 1.07. The van der Waals surface area contributed by atoms with E-state index in [9.17, 15) is 9.59 Å². The third-order valence-electron chi connectivity index (χ3n) is 2.40. The Balaban J connectivity index is 2.74. The second-order valence-electron chi connectivity index (χ2n) is 3.73. The number of carboxylic acids is 1. The van der Waals surface area contributed by atoms with Crippen molar-refractivity contribution in [3.63, 3.8) is 0 Å². The molecule has 1 aromatic carbocycles. The molecule has 1 rings (SSSR count). The maximum atomic E-state index is 11.7. The van der Waals surface area contributed by atoms with Gasteiger partial charge in [0.1, 0.15) is 6.04 Å². The van der Waals surface area contributed by atoms with Crippen LogP contribution in [0.5, 0.6) is 0 Å². The van der Waals surface area contributed by atoms with Crippen LogP contribution in [0, 0.1) is 11.3 Å². The smallest absolute Gasteiger partial charge is 0.325 e. The molecular formula is C12H13N3O3. The molecule has 0 aliphatic heterocycles. The van der Waals surface area contributed by atoms with Gasteiger partial charge in [0.25, 0.3) is 0 Å². The zero-order valence-electron chi connectivity index (χ0n) is 10.0. The summed E-state index contributed by atoms with van der Waals surface area (Å²) in [5, 5.41) is 19.7. The Morgan fingerprint density at radius 1 is 1.39 bits per heavy atom. The Bertz CT molecular complexity index is 490. The van der Waals surface area contributed by atoms with Crippen LogP contribution in [0.2, 0.25) is 0 Å². The lowest BCUT2D eigenvalue weighted by atomic mass is 10.2. The number of benzene rings is 1. The average molecular weight is 247 g/mol. The Morgan fingerprint density at radius 2 is 1.94 bits per heavy atom. The SMILES string of the molecule is C[C@@H](NC(=O)N(C)c1ccc(C#N)cc1)C(=O)O. The summed E-state index contributed by atoms with van der Waals surface area (Å²) in [6.45, 7) is 1.38. The van der Waals surface area contributed by atoms with Gasteiger partial charge < -0.3 is 10.4 Å². The van der Waals surface area contributed by atoms with Gasteiger partial charge in [-0.3, -0.25) is 9.69 Å². The zero-order valence-corrected chi connectivity index (χ0v) is 10.0. The van der Waals surface area contributed by atoms with E-state index in [1.54, 1.807) is 24.3 Å². The number of carboxylic acid groups (broad SMARTS) is 1. The second-order valence-corrected chi connectivity index (χ2v) is 3.73. The molecule has 0 radical (unpaired) electrons. The number of aliphatic carboxylic acids is 1. The van der Waals surface area contributed by atoms with E-state index in [0.29, 0.717) is 11.3 Å². The van der Waals surface area contributed by atoms with E-state index in [4.69, 9.17) is 10.4 Å². The molecule has 18 heavy (non-hydrogen) atoms. The van der Waals surface area contributed by atoms with Gasteiger partial charge in [-0.1, -0.05) is 0 Å². The maximum Gasteiger partial charge on any atom is 0.325 e. The molecule has 0 saturated carbocycles. The van der Waals surface area contributed by atoms with Gasteiger partial charge >= 0.3 is 12.0 Å². The van der Waals surface area contributed by atoms with Gasteiger partial charge in [-0.15, -0.1) is 0 Å². The van der Waals surface area contributed by atoms with E-state index in [-0.39, 0.29) is 0 Å². The van der Waals surface area contributed by atoms with Crippen LogP contribution in [-0.2, 0) is 4.79 Å². The van der Waals surface area contributed by atoms with Gasteiger partial charge in [-0.25, -0.2) is 4.79 Å². The predicted octanol–water partition coefficient (Wildman–Crippen LogP) is 1.18. The number of rotatable bonds is 3. The Kier molecular flexibility index (Phi) is 4.27. The van der Waals surface area contributed by atoms with Crippen LogP contribution in [0.4, 0.5) is 10.5 Å². The maximum absolute atomic E-state index is 11.7. The topological polar surface area (TPSA) is 93.4 Å². The van der Waals surface area contributed by atoms with Crippen LogP contribution in [0.25, 0.3) is 0 Å². The molecule has 6 nitrogen and oxygen atoms in total. The standard InChI is InChI=1S/C12H13N3O3/c1-8(11(16)17)14-12(18)15(2)10-5-3-9(7-13)4-6-10/h3-6,8H,1-2H3,(H,14,18)(H,16,17)/t8-/m1/s1. The average Bonchev–Trinajstić information content (AvgIpc) is 2.37. The molecule has 0 aromatic heterocycles. The van der Waals surface area contributed by atoms with Crippen molar-refractivity contribution in [3.8, 4) is 6.07 Å². The minimum absolute atomic E-state index is 0.492. The van der Waals surface area contributed by atoms with E-state index < -0.39 is 18.0 Å². The van der Waals surface area contributed by atoms with Crippen LogP contribution in [0.1, 0.15) is 12.5 Å². The number of nitrogens with one attached hydrogen (secondary N) is 1. The Hall–Kier alpha value is -2.55. The first-order valence-corrected chi connectivity index (χ1v) is 5.23. The summed E-state index contributed by atoms with van der Waals surface area (Å²) in [6, 6.07) is 6.89. The summed E-state index contributed by atoms with van der Waals surface area (Å²) in [4.78, 5) is 23.6. The highest BCUT2D eigenvalue weighted by molar-refractivity contribution is 5.93. The molecule has 94 valence electrons. The number of nitriles is 1. The number of hydrogen-bond donors (Lipinski definition) is 2. The lowest BCUT2D eigenvalue weighted by Crippen LogP contribution is -2.45. The molecule has 0 aliphatic carbocycles. The van der Waals surface area contributed by atoms with Crippen molar-refractivity contribution in [1.29, 1.82) is 5.26 Å². The van der Waals surface area contributed by atoms with Crippen LogP contribution in [-0.4, -0.2) is 30.2 Å². The lowest BCUT2D eigenvalue weighted by Gasteiger charge is -2.19. The van der Waals surface area contributed by atoms with Gasteiger partial charge in [0.05, 0.1) is 11.6 Å². The van der Waals surface area contributed by atoms with Crippen LogP contribution in [0.3, 0.4) is 0 Å². The highest BCUT2D eigenvalue weighted by Gasteiger charge is 2.17. The number of carbonyl (C=O) groups is 2. The first kappa shape index (κ1) is 13.5. The van der Waals surface area contributed by atoms with Crippen molar-refractivity contribution < 1.29 is 14.7 Å². The molecular weight excluding hydrogens is 234 g/mol. The number of anilines is 1. The number of carbonyl (C=O) groups excluding carboxylic acids is 1. The highest BCUT2D eigenvalue weighted by Crippen LogP contribution is 2.13. The zero-order chi connectivity index (χ0) is 13.7. The molecule has 1 aromatic rings. The number of nitrogens with zero attached hydrogens (tertiary/aromatic N) is 2. The minimum atomic E-state index is -1.10. The van der Waals surface area contributed by atoms with E-state index in [2.05, 4.69) is 5.32 Å². The van der Waals surface area contributed by atoms with E-state index in [1.165, 1.54) is 18.9 Å². The van der Waals surface area contributed by atoms with Gasteiger partial charge in [-0.2, -0.15) is 5.26 Å². The normalized spacial score (nSPS) is 11.2. The van der Waals surface area contributed by atoms with Crippen molar-refractivity contribution >= 4 is 17.7 Å². The molecule has 1 atom stereocenters. The molecule has 0 heterocycles. The first-order chi connectivity index (χ1) is 8.45. The van der Waals surface area contributed by atoms with E-state index in [0.717, 1.165) is 0 Å². The summed E-state index contributed by atoms with van der Waals surface area (Å²) in [6.07, 6.45) is 0. The molecule has 2 N–H and O–H groups in total. The number of urea groups is 1. The number of amides is 2. The molecule has 0 spiro atoms. The third-order valence-corrected chi connectivity index (χ3v) is 2.40. The van der Waals surface area contributed by atoms with Crippen molar-refractivity contribution in [3.05, 3.63) is 29.8 Å². The predicted molar refractivity (Wildman–Crippen MR) is 65.2 cm³/mol. The number of hydrogen-bond acceptors (Lipinski definition) is 3. The molecule has 0 bridgehead atoms. The molecule has 0 aliphatic rings. The largest absolute Gasteiger partial charge is 0.480 e. The molecule has 0 unspecified atom stereocenters. The molecule has 0 saturated heterocycles. The van der Waals surface area contributed by atoms with E-state index >= 15 is 0 Å². The molecule has 6 heteroatoms. The summed E-state index contributed by atoms with van der Waals surface area (Å²) in [7, 11) is 1.52. The van der Waals surface area contributed by atoms with Gasteiger partial charge in [0.15, 0.2) is 0 Å². The quantitative estimate of drug-likeness (QED) is 0.838. The van der Waals surface area contributed by atoms with Crippen molar-refractivity contribution in [2.24, 2.45) is 0 Å². The van der Waals surface area contributed by atoms with Gasteiger partial charge in [0.2, 0.25) is 0 Å². The fourth-order valence-electron chi connectivity index (χ4n) is 1.22. The Morgan fingerprint density at radius 3 is 2.39 bits per heavy atom. The summed E-state index contributed by atoms with van der Waals surface area (Å²) < 4.78 is 0. The molecule has 0 fully saturated rings. The van der Waals surface area contributed by atoms with Gasteiger partial charge in [0, 0.05) is 12.7 Å². The lowest BCUT2D eigenvalue weighted by molar-refractivity contribution is -0.138. The fraction of sp³-hybridized carbons (Fsp3) is 0.250. The van der Waals surface area contributed by atoms with Crippen molar-refractivity contribution in [1.82, 2.24) is 5.32 Å². The van der Waals surface area contributed by atoms with Crippen LogP contribution >= 0.6 is 0 Å². The fourth-order valence-corrected chi connectivity index (χ4v) is 1.22. The van der Waals surface area contributed by atoms with Crippen molar-refractivity contribution in [2.45, 2.75) is 13.0 Å². The van der Waals surface area contributed by atoms with Crippen molar-refractivity contribution in [2.75, 3.05) is 11.9 Å². The summed E-state index contributed by atoms with van der Waals surface area (Å²) >= 11 is 0. The highest BCUT2D eigenvalue weighted by atomic mass is 16.4. The van der Waals surface area contributed by atoms with Crippen LogP contribution < -0.4 is 10.2 Å². The third kappa shape index (κ3) is 3.22. The summed E-state index contributed by atoms with van der Waals surface area (Å²) in [5.74, 6) is -1.10. The van der Waals surface area contributed by atoms with Crippen LogP contribution in [0.15, 0.2) is 24.3 Å². The first-order valence-electron chi connectivity index (χ1n) is 5.23. The molecule has 2 amide bonds. The van der Waals surface area contributed by atoms with Gasteiger partial charge in [-0.05, 0) is 31.2 Å². The monoisotopic (exact) mass is 247 g/mol.